The Kier molecular flexibility index (Phi) is 8.35. The number of rotatable bonds is 10. The summed E-state index contributed by atoms with van der Waals surface area (Å²) in [7, 11) is 1.51. The third kappa shape index (κ3) is 5.34. The van der Waals surface area contributed by atoms with Crippen LogP contribution in [-0.2, 0) is 32.3 Å². The highest BCUT2D eigenvalue weighted by atomic mass is 16.6. The van der Waals surface area contributed by atoms with Crippen LogP contribution < -0.4 is 11.2 Å². The minimum absolute atomic E-state index is 0.151. The Bertz CT molecular complexity index is 988. The van der Waals surface area contributed by atoms with Gasteiger partial charge in [0, 0.05) is 18.9 Å². The number of ether oxygens (including phenoxy) is 4. The molecular formula is C22H30N2O8. The van der Waals surface area contributed by atoms with E-state index in [9.17, 15) is 19.8 Å². The maximum atomic E-state index is 13.2. The number of aliphatic hydroxyl groups is 2. The van der Waals surface area contributed by atoms with Crippen LogP contribution in [0.2, 0.25) is 0 Å². The van der Waals surface area contributed by atoms with E-state index < -0.39 is 41.9 Å². The van der Waals surface area contributed by atoms with Crippen molar-refractivity contribution in [1.82, 2.24) is 9.13 Å². The normalized spacial score (nSPS) is 24.0. The average Bonchev–Trinajstić information content (AvgIpc) is 3.10. The molecule has 0 spiro atoms. The first-order chi connectivity index (χ1) is 15.3. The molecule has 5 atom stereocenters. The first-order valence-electron chi connectivity index (χ1n) is 10.4. The van der Waals surface area contributed by atoms with E-state index in [1.807, 2.05) is 30.3 Å². The minimum atomic E-state index is -1.18. The number of hydrogen-bond donors (Lipinski definition) is 2. The Morgan fingerprint density at radius 1 is 1.19 bits per heavy atom. The Hall–Kier alpha value is -2.34. The largest absolute Gasteiger partial charge is 0.391 e. The van der Waals surface area contributed by atoms with E-state index in [1.54, 1.807) is 6.92 Å². The molecule has 0 bridgehead atoms. The summed E-state index contributed by atoms with van der Waals surface area (Å²) in [6, 6.07) is 9.38. The number of aliphatic hydroxyl groups excluding tert-OH is 2. The third-order valence-electron chi connectivity index (χ3n) is 5.30. The molecule has 2 aromatic rings. The van der Waals surface area contributed by atoms with Gasteiger partial charge >= 0.3 is 5.69 Å². The van der Waals surface area contributed by atoms with Crippen LogP contribution >= 0.6 is 0 Å². The van der Waals surface area contributed by atoms with Gasteiger partial charge in [0.1, 0.15) is 25.0 Å². The number of hydrogen-bond acceptors (Lipinski definition) is 8. The summed E-state index contributed by atoms with van der Waals surface area (Å²) >= 11 is 0. The van der Waals surface area contributed by atoms with E-state index in [0.29, 0.717) is 5.56 Å². The Labute approximate surface area is 185 Å². The van der Waals surface area contributed by atoms with Crippen molar-refractivity contribution in [2.24, 2.45) is 0 Å². The molecule has 176 valence electrons. The van der Waals surface area contributed by atoms with E-state index in [0.717, 1.165) is 10.1 Å². The molecule has 3 rings (SSSR count). The fourth-order valence-corrected chi connectivity index (χ4v) is 3.63. The highest BCUT2D eigenvalue weighted by molar-refractivity contribution is 5.13. The second kappa shape index (κ2) is 11.0. The summed E-state index contributed by atoms with van der Waals surface area (Å²) in [6.45, 7) is 3.46. The second-order valence-corrected chi connectivity index (χ2v) is 7.75. The zero-order valence-electron chi connectivity index (χ0n) is 18.4. The fraction of sp³-hybridized carbons (Fsp3) is 0.545. The van der Waals surface area contributed by atoms with E-state index in [-0.39, 0.29) is 26.6 Å². The summed E-state index contributed by atoms with van der Waals surface area (Å²) in [4.78, 5) is 25.8. The standard InChI is InChI=1S/C22H30N2O8/c1-14-11-23(21-19(31-10-9-29-3)17(26)18(32-21)15(2)25)22(28)24(20(14)27)13-30-12-16-7-5-4-6-8-16/h4-8,11,15,17-19,21,25-26H,9-10,12-13H2,1-3H3/t15-,17-,18-,19-,21-/m1/s1. The van der Waals surface area contributed by atoms with Gasteiger partial charge in [0.15, 0.2) is 6.23 Å². The van der Waals surface area contributed by atoms with Gasteiger partial charge in [-0.1, -0.05) is 30.3 Å². The van der Waals surface area contributed by atoms with Crippen molar-refractivity contribution in [3.05, 3.63) is 68.5 Å². The van der Waals surface area contributed by atoms with Crippen molar-refractivity contribution >= 4 is 0 Å². The van der Waals surface area contributed by atoms with Gasteiger partial charge in [-0.15, -0.1) is 0 Å². The lowest BCUT2D eigenvalue weighted by Gasteiger charge is -2.23. The quantitative estimate of drug-likeness (QED) is 0.491. The van der Waals surface area contributed by atoms with Crippen LogP contribution in [0, 0.1) is 6.92 Å². The van der Waals surface area contributed by atoms with E-state index in [2.05, 4.69) is 0 Å². The average molecular weight is 450 g/mol. The molecule has 2 heterocycles. The number of aromatic nitrogens is 2. The Morgan fingerprint density at radius 2 is 1.91 bits per heavy atom. The Balaban J connectivity index is 1.88. The maximum Gasteiger partial charge on any atom is 0.335 e. The third-order valence-corrected chi connectivity index (χ3v) is 5.30. The smallest absolute Gasteiger partial charge is 0.335 e. The van der Waals surface area contributed by atoms with Gasteiger partial charge < -0.3 is 29.2 Å². The van der Waals surface area contributed by atoms with Gasteiger partial charge in [-0.3, -0.25) is 9.36 Å². The van der Waals surface area contributed by atoms with Crippen LogP contribution in [0.3, 0.4) is 0 Å². The summed E-state index contributed by atoms with van der Waals surface area (Å²) < 4.78 is 24.3. The molecule has 1 aliphatic heterocycles. The maximum absolute atomic E-state index is 13.2. The molecule has 0 radical (unpaired) electrons. The minimum Gasteiger partial charge on any atom is -0.391 e. The molecule has 0 unspecified atom stereocenters. The molecule has 1 fully saturated rings. The first kappa shape index (κ1) is 24.3. The molecule has 1 aromatic heterocycles. The molecule has 1 saturated heterocycles. The molecule has 0 aliphatic carbocycles. The van der Waals surface area contributed by atoms with Crippen LogP contribution in [0.1, 0.15) is 24.3 Å². The number of benzene rings is 1. The van der Waals surface area contributed by atoms with Gasteiger partial charge in [0.05, 0.1) is 25.9 Å². The summed E-state index contributed by atoms with van der Waals surface area (Å²) in [5.41, 5.74) is 0.0449. The van der Waals surface area contributed by atoms with Crippen molar-refractivity contribution in [3.8, 4) is 0 Å². The number of aryl methyl sites for hydroxylation is 1. The lowest BCUT2D eigenvalue weighted by Crippen LogP contribution is -2.45. The van der Waals surface area contributed by atoms with Gasteiger partial charge in [-0.25, -0.2) is 9.36 Å². The topological polar surface area (TPSA) is 121 Å². The van der Waals surface area contributed by atoms with Gasteiger partial charge in [0.2, 0.25) is 0 Å². The molecule has 2 N–H and O–H groups in total. The fourth-order valence-electron chi connectivity index (χ4n) is 3.63. The lowest BCUT2D eigenvalue weighted by atomic mass is 10.1. The highest BCUT2D eigenvalue weighted by Crippen LogP contribution is 2.32. The van der Waals surface area contributed by atoms with Crippen LogP contribution in [0.25, 0.3) is 0 Å². The van der Waals surface area contributed by atoms with Crippen molar-refractivity contribution in [1.29, 1.82) is 0 Å². The predicted octanol–water partition coefficient (Wildman–Crippen LogP) is 0.163. The summed E-state index contributed by atoms with van der Waals surface area (Å²) in [5.74, 6) is 0. The molecule has 10 heteroatoms. The van der Waals surface area contributed by atoms with Crippen molar-refractivity contribution in [2.75, 3.05) is 20.3 Å². The van der Waals surface area contributed by atoms with E-state index in [1.165, 1.54) is 24.8 Å². The van der Waals surface area contributed by atoms with Crippen molar-refractivity contribution < 1.29 is 29.2 Å². The first-order valence-corrected chi connectivity index (χ1v) is 10.4. The second-order valence-electron chi connectivity index (χ2n) is 7.75. The van der Waals surface area contributed by atoms with Crippen molar-refractivity contribution in [2.45, 2.75) is 57.8 Å². The molecule has 0 saturated carbocycles. The molecular weight excluding hydrogens is 420 g/mol. The van der Waals surface area contributed by atoms with Gasteiger partial charge in [-0.05, 0) is 19.4 Å². The van der Waals surface area contributed by atoms with Gasteiger partial charge in [-0.2, -0.15) is 0 Å². The van der Waals surface area contributed by atoms with Crippen LogP contribution in [0.4, 0.5) is 0 Å². The SMILES string of the molecule is COCCO[C@@H]1[C@H](O)[C@@H]([C@@H](C)O)O[C@H]1n1cc(C)c(=O)n(COCc2ccccc2)c1=O. The zero-order valence-corrected chi connectivity index (χ0v) is 18.4. The van der Waals surface area contributed by atoms with E-state index >= 15 is 0 Å². The molecule has 32 heavy (non-hydrogen) atoms. The van der Waals surface area contributed by atoms with Crippen LogP contribution in [0.15, 0.2) is 46.1 Å². The van der Waals surface area contributed by atoms with Gasteiger partial charge in [0.25, 0.3) is 5.56 Å². The lowest BCUT2D eigenvalue weighted by molar-refractivity contribution is -0.0914. The molecule has 0 amide bonds. The summed E-state index contributed by atoms with van der Waals surface area (Å²) in [5, 5.41) is 20.6. The van der Waals surface area contributed by atoms with E-state index in [4.69, 9.17) is 18.9 Å². The Morgan fingerprint density at radius 3 is 2.56 bits per heavy atom. The number of methoxy groups -OCH3 is 1. The number of nitrogens with zero attached hydrogens (tertiary/aromatic N) is 2. The van der Waals surface area contributed by atoms with Crippen LogP contribution in [-0.4, -0.2) is 64.1 Å². The highest BCUT2D eigenvalue weighted by Gasteiger charge is 2.48. The zero-order chi connectivity index (χ0) is 23.3. The predicted molar refractivity (Wildman–Crippen MR) is 114 cm³/mol. The molecule has 1 aliphatic rings. The monoisotopic (exact) mass is 450 g/mol. The molecule has 1 aromatic carbocycles. The van der Waals surface area contributed by atoms with Crippen molar-refractivity contribution in [3.63, 3.8) is 0 Å². The summed E-state index contributed by atoms with van der Waals surface area (Å²) in [6.07, 6.45) is -3.77. The molecule has 10 nitrogen and oxygen atoms in total. The van der Waals surface area contributed by atoms with Crippen LogP contribution in [0.5, 0.6) is 0 Å².